The first kappa shape index (κ1) is 22.2. The summed E-state index contributed by atoms with van der Waals surface area (Å²) in [7, 11) is 0. The Hall–Kier alpha value is -0.133. The van der Waals surface area contributed by atoms with Gasteiger partial charge in [0.05, 0.1) is 6.61 Å². The van der Waals surface area contributed by atoms with E-state index in [1.54, 1.807) is 0 Å². The molecule has 0 fully saturated rings. The van der Waals surface area contributed by atoms with Gasteiger partial charge in [0.2, 0.25) is 0 Å². The van der Waals surface area contributed by atoms with Crippen LogP contribution >= 0.6 is 0 Å². The van der Waals surface area contributed by atoms with E-state index in [0.29, 0.717) is 6.61 Å². The summed E-state index contributed by atoms with van der Waals surface area (Å²) in [6.45, 7) is 2.61. The van der Waals surface area contributed by atoms with E-state index in [9.17, 15) is 4.79 Å². The summed E-state index contributed by atoms with van der Waals surface area (Å²) in [5, 5.41) is 8.28. The number of unbranched alkanes of at least 4 members (excludes halogenated alkanes) is 12. The third-order valence-electron chi connectivity index (χ3n) is 3.47. The second-order valence-electron chi connectivity index (χ2n) is 5.36. The van der Waals surface area contributed by atoms with Crippen molar-refractivity contribution in [3.05, 3.63) is 0 Å². The summed E-state index contributed by atoms with van der Waals surface area (Å²) in [4.78, 5) is 10.1. The molecule has 4 heteroatoms. The molecule has 0 saturated carbocycles. The van der Waals surface area contributed by atoms with Crippen molar-refractivity contribution in [3.63, 3.8) is 0 Å². The molecule has 0 aliphatic carbocycles. The van der Waals surface area contributed by atoms with Gasteiger partial charge >= 0.3 is 25.0 Å². The fourth-order valence-electron chi connectivity index (χ4n) is 2.28. The van der Waals surface area contributed by atoms with Crippen molar-refractivity contribution in [2.24, 2.45) is 0 Å². The Morgan fingerprint density at radius 1 is 0.800 bits per heavy atom. The summed E-state index contributed by atoms with van der Waals surface area (Å²) < 4.78 is 4.46. The van der Waals surface area contributed by atoms with E-state index in [1.165, 1.54) is 70.6 Å². The van der Waals surface area contributed by atoms with Gasteiger partial charge in [0.1, 0.15) is 0 Å². The molecule has 116 valence electrons. The van der Waals surface area contributed by atoms with Gasteiger partial charge in [0.25, 0.3) is 0 Å². The maximum atomic E-state index is 10.1. The van der Waals surface area contributed by atoms with Gasteiger partial charge in [-0.3, -0.25) is 0 Å². The van der Waals surface area contributed by atoms with E-state index in [4.69, 9.17) is 5.11 Å². The van der Waals surface area contributed by atoms with Crippen molar-refractivity contribution in [3.8, 4) is 0 Å². The van der Waals surface area contributed by atoms with Gasteiger partial charge in [0, 0.05) is 0 Å². The number of carbonyl (C=O) groups is 1. The van der Waals surface area contributed by atoms with Crippen molar-refractivity contribution in [2.45, 2.75) is 90.4 Å². The second kappa shape index (κ2) is 18.9. The summed E-state index contributed by atoms with van der Waals surface area (Å²) in [5.41, 5.74) is 0. The van der Waals surface area contributed by atoms with Gasteiger partial charge in [-0.05, 0) is 6.42 Å². The summed E-state index contributed by atoms with van der Waals surface area (Å²) >= 11 is 0. The average Bonchev–Trinajstić information content (AvgIpc) is 2.39. The predicted octanol–water partition coefficient (Wildman–Crippen LogP) is 2.89. The molecule has 0 aromatic heterocycles. The molecule has 0 spiro atoms. The van der Waals surface area contributed by atoms with E-state index in [2.05, 4.69) is 11.7 Å². The van der Waals surface area contributed by atoms with E-state index < -0.39 is 6.16 Å². The molecular formula is C16H33LiO3. The standard InChI is InChI=1S/C16H32O3.Li.H/c1-2-3-4-5-6-7-8-9-10-11-12-13-14-15-19-16(17)18;;/h2-15H2,1H3,(H,17,18);;/q;+1;-1. The van der Waals surface area contributed by atoms with Crippen molar-refractivity contribution >= 4 is 6.16 Å². The molecule has 0 aliphatic heterocycles. The minimum atomic E-state index is -1.15. The van der Waals surface area contributed by atoms with Crippen LogP contribution in [0.5, 0.6) is 0 Å². The Kier molecular flexibility index (Phi) is 20.9. The number of carboxylic acid groups (broad SMARTS) is 1. The van der Waals surface area contributed by atoms with Crippen LogP contribution < -0.4 is 18.9 Å². The van der Waals surface area contributed by atoms with Crippen LogP contribution in [0.2, 0.25) is 0 Å². The van der Waals surface area contributed by atoms with Crippen LogP contribution in [0.4, 0.5) is 4.79 Å². The van der Waals surface area contributed by atoms with Gasteiger partial charge in [-0.1, -0.05) is 84.0 Å². The Bertz CT molecular complexity index is 204. The monoisotopic (exact) mass is 280 g/mol. The number of hydrogen-bond donors (Lipinski definition) is 1. The van der Waals surface area contributed by atoms with Crippen LogP contribution in [-0.2, 0) is 4.74 Å². The van der Waals surface area contributed by atoms with E-state index in [0.717, 1.165) is 12.8 Å². The van der Waals surface area contributed by atoms with Crippen molar-refractivity contribution in [2.75, 3.05) is 6.61 Å². The van der Waals surface area contributed by atoms with Crippen molar-refractivity contribution < 1.29 is 34.9 Å². The zero-order chi connectivity index (χ0) is 14.2. The minimum absolute atomic E-state index is 0. The molecule has 0 unspecified atom stereocenters. The number of rotatable bonds is 14. The second-order valence-corrected chi connectivity index (χ2v) is 5.36. The molecule has 0 radical (unpaired) electrons. The fraction of sp³-hybridized carbons (Fsp3) is 0.938. The third-order valence-corrected chi connectivity index (χ3v) is 3.47. The molecule has 0 heterocycles. The molecule has 1 N–H and O–H groups in total. The molecule has 0 rings (SSSR count). The van der Waals surface area contributed by atoms with Crippen LogP contribution in [0.25, 0.3) is 0 Å². The average molecular weight is 280 g/mol. The van der Waals surface area contributed by atoms with Crippen molar-refractivity contribution in [1.82, 2.24) is 0 Å². The maximum Gasteiger partial charge on any atom is 1.00 e. The van der Waals surface area contributed by atoms with Gasteiger partial charge in [-0.15, -0.1) is 0 Å². The first-order valence-electron chi connectivity index (χ1n) is 8.13. The quantitative estimate of drug-likeness (QED) is 0.302. The summed E-state index contributed by atoms with van der Waals surface area (Å²) in [6.07, 6.45) is 15.7. The Balaban J connectivity index is -0.00000162. The Morgan fingerprint density at radius 2 is 1.15 bits per heavy atom. The van der Waals surface area contributed by atoms with Crippen LogP contribution in [0.1, 0.15) is 91.8 Å². The number of hydrogen-bond acceptors (Lipinski definition) is 2. The number of ether oxygens (including phenoxy) is 1. The SMILES string of the molecule is CCCCCCCCCCCCCCCOC(=O)O.[H-].[Li+]. The van der Waals surface area contributed by atoms with Gasteiger partial charge < -0.3 is 11.3 Å². The molecular weight excluding hydrogens is 247 g/mol. The molecule has 0 aliphatic rings. The Labute approximate surface area is 138 Å². The first-order valence-corrected chi connectivity index (χ1v) is 8.13. The smallest absolute Gasteiger partial charge is 1.00 e. The molecule has 0 aromatic carbocycles. The Morgan fingerprint density at radius 3 is 1.50 bits per heavy atom. The summed E-state index contributed by atoms with van der Waals surface area (Å²) in [6, 6.07) is 0. The third kappa shape index (κ3) is 20.2. The molecule has 3 nitrogen and oxygen atoms in total. The predicted molar refractivity (Wildman–Crippen MR) is 80.8 cm³/mol. The fourth-order valence-corrected chi connectivity index (χ4v) is 2.28. The zero-order valence-corrected chi connectivity index (χ0v) is 13.7. The van der Waals surface area contributed by atoms with Crippen molar-refractivity contribution in [1.29, 1.82) is 0 Å². The van der Waals surface area contributed by atoms with Gasteiger partial charge in [0.15, 0.2) is 0 Å². The zero-order valence-electron chi connectivity index (χ0n) is 14.7. The normalized spacial score (nSPS) is 10.1. The van der Waals surface area contributed by atoms with E-state index >= 15 is 0 Å². The molecule has 0 aromatic rings. The van der Waals surface area contributed by atoms with Gasteiger partial charge in [-0.2, -0.15) is 0 Å². The van der Waals surface area contributed by atoms with Gasteiger partial charge in [-0.25, -0.2) is 4.79 Å². The first-order chi connectivity index (χ1) is 9.27. The van der Waals surface area contributed by atoms with Crippen LogP contribution in [0.15, 0.2) is 0 Å². The molecule has 0 saturated heterocycles. The topological polar surface area (TPSA) is 46.5 Å². The van der Waals surface area contributed by atoms with Crippen LogP contribution in [0, 0.1) is 0 Å². The van der Waals surface area contributed by atoms with E-state index in [-0.39, 0.29) is 20.3 Å². The van der Waals surface area contributed by atoms with Crippen LogP contribution in [-0.4, -0.2) is 17.9 Å². The van der Waals surface area contributed by atoms with E-state index in [1.807, 2.05) is 0 Å². The van der Waals surface area contributed by atoms with Crippen LogP contribution in [0.3, 0.4) is 0 Å². The molecule has 0 amide bonds. The maximum absolute atomic E-state index is 10.1. The molecule has 0 atom stereocenters. The largest absolute Gasteiger partial charge is 1.00 e. The minimum Gasteiger partial charge on any atom is -1.00 e. The molecule has 20 heavy (non-hydrogen) atoms. The summed E-state index contributed by atoms with van der Waals surface area (Å²) in [5.74, 6) is 0. The molecule has 0 bridgehead atoms.